The first-order valence-electron chi connectivity index (χ1n) is 9.97. The van der Waals surface area contributed by atoms with E-state index in [9.17, 15) is 4.79 Å². The number of nitrogens with zero attached hydrogens (tertiary/aromatic N) is 2. The SMILES string of the molecule is CCNC(=NCC1CC(=O)Nc2ccccc21)NCCCN1CCOCC1. The van der Waals surface area contributed by atoms with E-state index < -0.39 is 0 Å². The molecule has 0 bridgehead atoms. The van der Waals surface area contributed by atoms with Crippen molar-refractivity contribution in [2.45, 2.75) is 25.7 Å². The number of ether oxygens (including phenoxy) is 1. The monoisotopic (exact) mass is 373 g/mol. The first-order chi connectivity index (χ1) is 13.3. The molecule has 1 unspecified atom stereocenters. The number of carbonyl (C=O) groups excluding carboxylic acids is 1. The Balaban J connectivity index is 1.50. The van der Waals surface area contributed by atoms with Crippen LogP contribution in [0.4, 0.5) is 5.69 Å². The number of amides is 1. The van der Waals surface area contributed by atoms with Crippen LogP contribution in [-0.4, -0.2) is 69.2 Å². The van der Waals surface area contributed by atoms with Gasteiger partial charge in [-0.05, 0) is 31.5 Å². The van der Waals surface area contributed by atoms with Gasteiger partial charge < -0.3 is 20.7 Å². The average molecular weight is 374 g/mol. The summed E-state index contributed by atoms with van der Waals surface area (Å²) in [7, 11) is 0. The average Bonchev–Trinajstić information content (AvgIpc) is 2.69. The lowest BCUT2D eigenvalue weighted by Crippen LogP contribution is -2.41. The van der Waals surface area contributed by atoms with Crippen LogP contribution in [0.3, 0.4) is 0 Å². The van der Waals surface area contributed by atoms with Gasteiger partial charge in [0.25, 0.3) is 0 Å². The molecular formula is C20H31N5O2. The summed E-state index contributed by atoms with van der Waals surface area (Å²) in [6.45, 7) is 9.17. The lowest BCUT2D eigenvalue weighted by molar-refractivity contribution is -0.116. The van der Waals surface area contributed by atoms with Crippen LogP contribution in [0.25, 0.3) is 0 Å². The predicted octanol–water partition coefficient (Wildman–Crippen LogP) is 1.39. The highest BCUT2D eigenvalue weighted by atomic mass is 16.5. The minimum atomic E-state index is 0.0670. The molecule has 1 atom stereocenters. The zero-order valence-corrected chi connectivity index (χ0v) is 16.2. The molecule has 27 heavy (non-hydrogen) atoms. The Kier molecular flexibility index (Phi) is 7.47. The molecule has 2 aliphatic heterocycles. The maximum atomic E-state index is 12.0. The summed E-state index contributed by atoms with van der Waals surface area (Å²) >= 11 is 0. The molecule has 0 aromatic heterocycles. The maximum Gasteiger partial charge on any atom is 0.225 e. The molecule has 2 heterocycles. The smallest absolute Gasteiger partial charge is 0.225 e. The molecular weight excluding hydrogens is 342 g/mol. The summed E-state index contributed by atoms with van der Waals surface area (Å²) in [4.78, 5) is 19.1. The van der Waals surface area contributed by atoms with E-state index in [0.717, 1.165) is 64.0 Å². The van der Waals surface area contributed by atoms with Gasteiger partial charge in [0.1, 0.15) is 0 Å². The molecule has 1 aromatic carbocycles. The van der Waals surface area contributed by atoms with Gasteiger partial charge in [0, 0.05) is 44.2 Å². The highest BCUT2D eigenvalue weighted by Gasteiger charge is 2.24. The van der Waals surface area contributed by atoms with Crippen molar-refractivity contribution in [3.8, 4) is 0 Å². The number of aliphatic imine (C=N–C) groups is 1. The topological polar surface area (TPSA) is 78.0 Å². The van der Waals surface area contributed by atoms with E-state index >= 15 is 0 Å². The number of para-hydroxylation sites is 1. The Morgan fingerprint density at radius 3 is 2.93 bits per heavy atom. The second-order valence-corrected chi connectivity index (χ2v) is 6.99. The minimum absolute atomic E-state index is 0.0670. The second kappa shape index (κ2) is 10.3. The third-order valence-corrected chi connectivity index (χ3v) is 4.97. The molecule has 0 radical (unpaired) electrons. The standard InChI is InChI=1S/C20H31N5O2/c1-2-21-20(22-8-5-9-25-10-12-27-13-11-25)23-15-16-14-19(26)24-18-7-4-3-6-17(16)18/h3-4,6-7,16H,2,5,8-15H2,1H3,(H,24,26)(H2,21,22,23). The van der Waals surface area contributed by atoms with Gasteiger partial charge in [0.05, 0.1) is 19.8 Å². The quantitative estimate of drug-likeness (QED) is 0.382. The van der Waals surface area contributed by atoms with Crippen LogP contribution in [0.5, 0.6) is 0 Å². The molecule has 1 amide bonds. The largest absolute Gasteiger partial charge is 0.379 e. The van der Waals surface area contributed by atoms with Crippen molar-refractivity contribution in [3.63, 3.8) is 0 Å². The molecule has 3 N–H and O–H groups in total. The number of anilines is 1. The fraction of sp³-hybridized carbons (Fsp3) is 0.600. The van der Waals surface area contributed by atoms with Crippen LogP contribution in [0, 0.1) is 0 Å². The summed E-state index contributed by atoms with van der Waals surface area (Å²) in [5.74, 6) is 1.01. The number of hydrogen-bond donors (Lipinski definition) is 3. The van der Waals surface area contributed by atoms with E-state index in [-0.39, 0.29) is 11.8 Å². The number of morpholine rings is 1. The van der Waals surface area contributed by atoms with Gasteiger partial charge in [0.15, 0.2) is 5.96 Å². The zero-order valence-electron chi connectivity index (χ0n) is 16.2. The van der Waals surface area contributed by atoms with Gasteiger partial charge in [-0.15, -0.1) is 0 Å². The van der Waals surface area contributed by atoms with E-state index in [1.165, 1.54) is 5.56 Å². The predicted molar refractivity (Wildman–Crippen MR) is 108 cm³/mol. The fourth-order valence-corrected chi connectivity index (χ4v) is 3.54. The Morgan fingerprint density at radius 2 is 2.11 bits per heavy atom. The number of hydrogen-bond acceptors (Lipinski definition) is 4. The van der Waals surface area contributed by atoms with Crippen LogP contribution in [0.1, 0.15) is 31.2 Å². The zero-order chi connectivity index (χ0) is 18.9. The molecule has 2 aliphatic rings. The van der Waals surface area contributed by atoms with Crippen molar-refractivity contribution < 1.29 is 9.53 Å². The van der Waals surface area contributed by atoms with Crippen molar-refractivity contribution in [1.29, 1.82) is 0 Å². The molecule has 148 valence electrons. The summed E-state index contributed by atoms with van der Waals surface area (Å²) in [6, 6.07) is 8.00. The van der Waals surface area contributed by atoms with Gasteiger partial charge in [-0.25, -0.2) is 0 Å². The molecule has 7 nitrogen and oxygen atoms in total. The number of carbonyl (C=O) groups is 1. The van der Waals surface area contributed by atoms with E-state index in [2.05, 4.69) is 33.8 Å². The van der Waals surface area contributed by atoms with Gasteiger partial charge in [0.2, 0.25) is 5.91 Å². The fourth-order valence-electron chi connectivity index (χ4n) is 3.54. The number of nitrogens with one attached hydrogen (secondary N) is 3. The van der Waals surface area contributed by atoms with E-state index in [1.54, 1.807) is 0 Å². The third-order valence-electron chi connectivity index (χ3n) is 4.97. The van der Waals surface area contributed by atoms with E-state index in [1.807, 2.05) is 18.2 Å². The highest BCUT2D eigenvalue weighted by molar-refractivity contribution is 5.94. The van der Waals surface area contributed by atoms with Crippen molar-refractivity contribution in [1.82, 2.24) is 15.5 Å². The Hall–Kier alpha value is -2.12. The summed E-state index contributed by atoms with van der Waals surface area (Å²) in [5.41, 5.74) is 2.08. The Morgan fingerprint density at radius 1 is 1.30 bits per heavy atom. The molecule has 0 saturated carbocycles. The normalized spacial score (nSPS) is 20.7. The van der Waals surface area contributed by atoms with Crippen molar-refractivity contribution >= 4 is 17.6 Å². The van der Waals surface area contributed by atoms with Gasteiger partial charge in [-0.1, -0.05) is 18.2 Å². The number of benzene rings is 1. The molecule has 0 spiro atoms. The summed E-state index contributed by atoms with van der Waals surface area (Å²) in [5, 5.41) is 9.66. The highest BCUT2D eigenvalue weighted by Crippen LogP contribution is 2.31. The van der Waals surface area contributed by atoms with Gasteiger partial charge >= 0.3 is 0 Å². The lowest BCUT2D eigenvalue weighted by atomic mass is 9.91. The van der Waals surface area contributed by atoms with Crippen molar-refractivity contribution in [3.05, 3.63) is 29.8 Å². The first kappa shape index (κ1) is 19.6. The summed E-state index contributed by atoms with van der Waals surface area (Å²) in [6.07, 6.45) is 1.55. The van der Waals surface area contributed by atoms with Gasteiger partial charge in [-0.2, -0.15) is 0 Å². The second-order valence-electron chi connectivity index (χ2n) is 6.99. The third kappa shape index (κ3) is 5.94. The molecule has 7 heteroatoms. The van der Waals surface area contributed by atoms with E-state index in [0.29, 0.717) is 13.0 Å². The number of fused-ring (bicyclic) bond motifs is 1. The van der Waals surface area contributed by atoms with Crippen LogP contribution in [-0.2, 0) is 9.53 Å². The molecule has 1 saturated heterocycles. The summed E-state index contributed by atoms with van der Waals surface area (Å²) < 4.78 is 5.38. The Bertz CT molecular complexity index is 643. The Labute approximate surface area is 161 Å². The first-order valence-corrected chi connectivity index (χ1v) is 9.97. The number of guanidine groups is 1. The van der Waals surface area contributed by atoms with Crippen LogP contribution < -0.4 is 16.0 Å². The molecule has 0 aliphatic carbocycles. The molecule has 1 fully saturated rings. The van der Waals surface area contributed by atoms with Crippen molar-refractivity contribution in [2.24, 2.45) is 4.99 Å². The number of rotatable bonds is 7. The van der Waals surface area contributed by atoms with Crippen LogP contribution in [0.2, 0.25) is 0 Å². The van der Waals surface area contributed by atoms with Crippen LogP contribution in [0.15, 0.2) is 29.3 Å². The van der Waals surface area contributed by atoms with Gasteiger partial charge in [-0.3, -0.25) is 14.7 Å². The maximum absolute atomic E-state index is 12.0. The molecule has 1 aromatic rings. The minimum Gasteiger partial charge on any atom is -0.379 e. The molecule has 3 rings (SSSR count). The van der Waals surface area contributed by atoms with Crippen LogP contribution >= 0.6 is 0 Å². The van der Waals surface area contributed by atoms with E-state index in [4.69, 9.17) is 9.73 Å². The van der Waals surface area contributed by atoms with Crippen molar-refractivity contribution in [2.75, 3.05) is 57.8 Å². The lowest BCUT2D eigenvalue weighted by Gasteiger charge is -2.26.